The molecular weight excluding hydrogens is 360 g/mol. The van der Waals surface area contributed by atoms with Crippen LogP contribution in [-0.4, -0.2) is 30.3 Å². The van der Waals surface area contributed by atoms with Crippen molar-refractivity contribution in [2.75, 3.05) is 14.2 Å². The number of rotatable bonds is 6. The lowest BCUT2D eigenvalue weighted by Gasteiger charge is -2.08. The van der Waals surface area contributed by atoms with Crippen LogP contribution in [-0.2, 0) is 11.3 Å². The monoisotopic (exact) mass is 374 g/mol. The number of aromatic nitrogens is 2. The lowest BCUT2D eigenvalue weighted by atomic mass is 10.2. The molecule has 0 saturated heterocycles. The summed E-state index contributed by atoms with van der Waals surface area (Å²) in [4.78, 5) is 16.4. The fourth-order valence-corrected chi connectivity index (χ4v) is 2.33. The van der Waals surface area contributed by atoms with E-state index in [0.717, 1.165) is 5.56 Å². The van der Waals surface area contributed by atoms with Crippen molar-refractivity contribution in [1.29, 1.82) is 0 Å². The fraction of sp³-hybridized carbons (Fsp3) is 0.167. The Morgan fingerprint density at radius 1 is 1.08 bits per heavy atom. The van der Waals surface area contributed by atoms with Crippen LogP contribution in [0.4, 0.5) is 0 Å². The van der Waals surface area contributed by atoms with E-state index in [1.807, 2.05) is 0 Å². The molecular formula is C18H15ClN2O5. The number of ether oxygens (including phenoxy) is 3. The van der Waals surface area contributed by atoms with Gasteiger partial charge in [-0.15, -0.1) is 0 Å². The second-order valence-electron chi connectivity index (χ2n) is 5.16. The molecule has 0 aliphatic carbocycles. The largest absolute Gasteiger partial charge is 0.493 e. The number of hydrogen-bond donors (Lipinski definition) is 0. The highest BCUT2D eigenvalue weighted by atomic mass is 35.5. The van der Waals surface area contributed by atoms with Crippen LogP contribution < -0.4 is 9.47 Å². The SMILES string of the molecule is COc1ccc(C(=O)OCc2nc(-c3ccc(Cl)cc3)no2)cc1OC. The Labute approximate surface area is 154 Å². The summed E-state index contributed by atoms with van der Waals surface area (Å²) in [6.45, 7) is -0.145. The number of carbonyl (C=O) groups excluding carboxylic acids is 1. The van der Waals surface area contributed by atoms with Gasteiger partial charge in [0.15, 0.2) is 18.1 Å². The average Bonchev–Trinajstić information content (AvgIpc) is 3.15. The van der Waals surface area contributed by atoms with Crippen LogP contribution in [0.3, 0.4) is 0 Å². The number of hydrogen-bond acceptors (Lipinski definition) is 7. The normalized spacial score (nSPS) is 10.4. The molecule has 7 nitrogen and oxygen atoms in total. The molecule has 0 fully saturated rings. The van der Waals surface area contributed by atoms with Gasteiger partial charge in [-0.1, -0.05) is 16.8 Å². The van der Waals surface area contributed by atoms with Gasteiger partial charge in [0.05, 0.1) is 19.8 Å². The zero-order chi connectivity index (χ0) is 18.5. The summed E-state index contributed by atoms with van der Waals surface area (Å²) in [7, 11) is 3.01. The molecule has 1 heterocycles. The Hall–Kier alpha value is -3.06. The lowest BCUT2D eigenvalue weighted by Crippen LogP contribution is -2.06. The molecule has 0 bridgehead atoms. The number of carbonyl (C=O) groups is 1. The molecule has 0 atom stereocenters. The molecule has 1 aromatic heterocycles. The van der Waals surface area contributed by atoms with Crippen molar-refractivity contribution in [2.45, 2.75) is 6.61 Å². The van der Waals surface area contributed by atoms with E-state index in [9.17, 15) is 4.79 Å². The van der Waals surface area contributed by atoms with Gasteiger partial charge in [-0.05, 0) is 42.5 Å². The first kappa shape index (κ1) is 17.8. The molecule has 3 aromatic rings. The van der Waals surface area contributed by atoms with Gasteiger partial charge in [-0.3, -0.25) is 0 Å². The van der Waals surface area contributed by atoms with Crippen molar-refractivity contribution < 1.29 is 23.5 Å². The number of benzene rings is 2. The smallest absolute Gasteiger partial charge is 0.338 e. The molecule has 2 aromatic carbocycles. The Balaban J connectivity index is 1.66. The maximum atomic E-state index is 12.2. The van der Waals surface area contributed by atoms with Crippen LogP contribution in [0.2, 0.25) is 5.02 Å². The van der Waals surface area contributed by atoms with E-state index < -0.39 is 5.97 Å². The van der Waals surface area contributed by atoms with Crippen LogP contribution in [0, 0.1) is 0 Å². The molecule has 26 heavy (non-hydrogen) atoms. The molecule has 134 valence electrons. The molecule has 0 saturated carbocycles. The van der Waals surface area contributed by atoms with Crippen LogP contribution >= 0.6 is 11.6 Å². The second-order valence-corrected chi connectivity index (χ2v) is 5.60. The van der Waals surface area contributed by atoms with E-state index in [0.29, 0.717) is 27.9 Å². The third kappa shape index (κ3) is 3.94. The Bertz CT molecular complexity index is 908. The molecule has 0 N–H and O–H groups in total. The maximum absolute atomic E-state index is 12.2. The summed E-state index contributed by atoms with van der Waals surface area (Å²) in [6.07, 6.45) is 0. The zero-order valence-electron chi connectivity index (χ0n) is 14.1. The predicted molar refractivity (Wildman–Crippen MR) is 93.4 cm³/mol. The second kappa shape index (κ2) is 7.88. The highest BCUT2D eigenvalue weighted by molar-refractivity contribution is 6.30. The maximum Gasteiger partial charge on any atom is 0.338 e. The van der Waals surface area contributed by atoms with Crippen molar-refractivity contribution in [1.82, 2.24) is 10.1 Å². The van der Waals surface area contributed by atoms with Crippen molar-refractivity contribution in [2.24, 2.45) is 0 Å². The van der Waals surface area contributed by atoms with Gasteiger partial charge in [0.25, 0.3) is 5.89 Å². The summed E-state index contributed by atoms with van der Waals surface area (Å²) >= 11 is 5.85. The van der Waals surface area contributed by atoms with E-state index in [4.69, 9.17) is 30.3 Å². The molecule has 0 unspecified atom stereocenters. The van der Waals surface area contributed by atoms with Gasteiger partial charge < -0.3 is 18.7 Å². The first-order valence-electron chi connectivity index (χ1n) is 7.58. The van der Waals surface area contributed by atoms with Crippen molar-refractivity contribution in [3.63, 3.8) is 0 Å². The number of nitrogens with zero attached hydrogens (tertiary/aromatic N) is 2. The van der Waals surface area contributed by atoms with Crippen LogP contribution in [0.5, 0.6) is 11.5 Å². The van der Waals surface area contributed by atoms with Gasteiger partial charge in [0.2, 0.25) is 5.82 Å². The molecule has 3 rings (SSSR count). The first-order chi connectivity index (χ1) is 12.6. The fourth-order valence-electron chi connectivity index (χ4n) is 2.20. The molecule has 0 radical (unpaired) electrons. The quantitative estimate of drug-likeness (QED) is 0.607. The lowest BCUT2D eigenvalue weighted by molar-refractivity contribution is 0.0429. The molecule has 0 aliphatic rings. The minimum Gasteiger partial charge on any atom is -0.493 e. The molecule has 0 aliphatic heterocycles. The highest BCUT2D eigenvalue weighted by Gasteiger charge is 2.15. The number of esters is 1. The standard InChI is InChI=1S/C18H15ClN2O5/c1-23-14-8-5-12(9-15(14)24-2)18(22)25-10-16-20-17(21-26-16)11-3-6-13(19)7-4-11/h3-9H,10H2,1-2H3. The van der Waals surface area contributed by atoms with Crippen molar-refractivity contribution in [3.05, 3.63) is 58.9 Å². The number of halogens is 1. The highest BCUT2D eigenvalue weighted by Crippen LogP contribution is 2.28. The minimum atomic E-state index is -0.544. The first-order valence-corrected chi connectivity index (χ1v) is 7.96. The van der Waals surface area contributed by atoms with E-state index in [2.05, 4.69) is 10.1 Å². The molecule has 0 amide bonds. The van der Waals surface area contributed by atoms with Crippen LogP contribution in [0.15, 0.2) is 47.0 Å². The summed E-state index contributed by atoms with van der Waals surface area (Å²) in [5.41, 5.74) is 1.07. The number of methoxy groups -OCH3 is 2. The van der Waals surface area contributed by atoms with Gasteiger partial charge in [-0.25, -0.2) is 4.79 Å². The van der Waals surface area contributed by atoms with Gasteiger partial charge in [-0.2, -0.15) is 4.98 Å². The van der Waals surface area contributed by atoms with Gasteiger partial charge >= 0.3 is 5.97 Å². The Kier molecular flexibility index (Phi) is 5.38. The topological polar surface area (TPSA) is 83.7 Å². The van der Waals surface area contributed by atoms with Gasteiger partial charge in [0.1, 0.15) is 0 Å². The van der Waals surface area contributed by atoms with E-state index in [1.54, 1.807) is 36.4 Å². The third-order valence-corrected chi connectivity index (χ3v) is 3.77. The van der Waals surface area contributed by atoms with E-state index >= 15 is 0 Å². The minimum absolute atomic E-state index is 0.145. The van der Waals surface area contributed by atoms with Gasteiger partial charge in [0, 0.05) is 10.6 Å². The van der Waals surface area contributed by atoms with Crippen molar-refractivity contribution >= 4 is 17.6 Å². The predicted octanol–water partition coefficient (Wildman–Crippen LogP) is 3.76. The third-order valence-electron chi connectivity index (χ3n) is 3.52. The van der Waals surface area contributed by atoms with Crippen molar-refractivity contribution in [3.8, 4) is 22.9 Å². The average molecular weight is 375 g/mol. The Morgan fingerprint density at radius 3 is 2.50 bits per heavy atom. The summed E-state index contributed by atoms with van der Waals surface area (Å²) in [5, 5.41) is 4.47. The van der Waals surface area contributed by atoms with Crippen LogP contribution in [0.25, 0.3) is 11.4 Å². The summed E-state index contributed by atoms with van der Waals surface area (Å²) < 4.78 is 20.6. The zero-order valence-corrected chi connectivity index (χ0v) is 14.8. The molecule has 8 heteroatoms. The van der Waals surface area contributed by atoms with E-state index in [-0.39, 0.29) is 12.5 Å². The molecule has 0 spiro atoms. The summed E-state index contributed by atoms with van der Waals surface area (Å²) in [5.74, 6) is 0.984. The Morgan fingerprint density at radius 2 is 1.81 bits per heavy atom. The summed E-state index contributed by atoms with van der Waals surface area (Å²) in [6, 6.07) is 11.7. The van der Waals surface area contributed by atoms with Crippen LogP contribution in [0.1, 0.15) is 16.2 Å². The van der Waals surface area contributed by atoms with E-state index in [1.165, 1.54) is 20.3 Å².